The van der Waals surface area contributed by atoms with Crippen molar-refractivity contribution in [2.24, 2.45) is 0 Å². The summed E-state index contributed by atoms with van der Waals surface area (Å²) >= 11 is 0. The second-order valence-corrected chi connectivity index (χ2v) is 8.53. The van der Waals surface area contributed by atoms with Gasteiger partial charge in [-0.3, -0.25) is 4.90 Å². The van der Waals surface area contributed by atoms with Crippen LogP contribution in [0.4, 0.5) is 16.2 Å². The Kier molecular flexibility index (Phi) is 6.15. The van der Waals surface area contributed by atoms with Crippen LogP contribution < -0.4 is 15.5 Å². The number of hydrogen-bond donors (Lipinski definition) is 3. The largest absolute Gasteiger partial charge is 0.389 e. The van der Waals surface area contributed by atoms with Gasteiger partial charge in [0.1, 0.15) is 6.10 Å². The molecule has 3 aliphatic rings. The minimum Gasteiger partial charge on any atom is -0.389 e. The lowest BCUT2D eigenvalue weighted by Gasteiger charge is -2.47. The molecule has 0 spiro atoms. The predicted molar refractivity (Wildman–Crippen MR) is 122 cm³/mol. The molecule has 9 nitrogen and oxygen atoms in total. The van der Waals surface area contributed by atoms with Gasteiger partial charge in [-0.1, -0.05) is 24.3 Å². The number of carbonyl (C=O) groups excluding carboxylic acids is 1. The Morgan fingerprint density at radius 1 is 1.09 bits per heavy atom. The van der Waals surface area contributed by atoms with E-state index in [-0.39, 0.29) is 6.04 Å². The Morgan fingerprint density at radius 2 is 1.88 bits per heavy atom. The maximum atomic E-state index is 12.7. The number of rotatable bonds is 4. The number of piperazine rings is 1. The van der Waals surface area contributed by atoms with Crippen LogP contribution >= 0.6 is 0 Å². The summed E-state index contributed by atoms with van der Waals surface area (Å²) in [5.41, 5.74) is 2.15. The number of amides is 2. The molecule has 2 aromatic rings. The molecule has 0 unspecified atom stereocenters. The van der Waals surface area contributed by atoms with Crippen LogP contribution in [0.3, 0.4) is 0 Å². The second-order valence-electron chi connectivity index (χ2n) is 8.53. The average molecular weight is 450 g/mol. The summed E-state index contributed by atoms with van der Waals surface area (Å²) in [5.74, 6) is 0. The Bertz CT molecular complexity index is 1020. The van der Waals surface area contributed by atoms with Crippen LogP contribution in [0, 0.1) is 11.3 Å². The first kappa shape index (κ1) is 21.7. The first-order chi connectivity index (χ1) is 16.1. The molecule has 5 rings (SSSR count). The minimum absolute atomic E-state index is 0.317. The highest BCUT2D eigenvalue weighted by atomic mass is 16.7. The van der Waals surface area contributed by atoms with Gasteiger partial charge >= 0.3 is 6.03 Å². The summed E-state index contributed by atoms with van der Waals surface area (Å²) in [6.45, 7) is 3.49. The molecule has 0 saturated carbocycles. The van der Waals surface area contributed by atoms with E-state index in [1.54, 1.807) is 24.3 Å². The van der Waals surface area contributed by atoms with Gasteiger partial charge in [0.2, 0.25) is 0 Å². The van der Waals surface area contributed by atoms with Gasteiger partial charge in [0, 0.05) is 37.6 Å². The van der Waals surface area contributed by atoms with E-state index < -0.39 is 30.6 Å². The zero-order chi connectivity index (χ0) is 22.8. The van der Waals surface area contributed by atoms with Crippen molar-refractivity contribution >= 4 is 17.4 Å². The Morgan fingerprint density at radius 3 is 2.64 bits per heavy atom. The molecule has 2 aromatic carbocycles. The van der Waals surface area contributed by atoms with Gasteiger partial charge < -0.3 is 30.1 Å². The van der Waals surface area contributed by atoms with E-state index in [9.17, 15) is 9.90 Å². The first-order valence-electron chi connectivity index (χ1n) is 11.2. The number of nitriles is 1. The number of benzene rings is 2. The van der Waals surface area contributed by atoms with Crippen molar-refractivity contribution in [1.82, 2.24) is 10.2 Å². The van der Waals surface area contributed by atoms with Gasteiger partial charge in [0.25, 0.3) is 0 Å². The molecular formula is C24H27N5O4. The summed E-state index contributed by atoms with van der Waals surface area (Å²) in [7, 11) is 0. The minimum atomic E-state index is -0.837. The molecule has 0 aliphatic carbocycles. The fourth-order valence-corrected chi connectivity index (χ4v) is 4.87. The number of aliphatic hydroxyl groups is 1. The zero-order valence-electron chi connectivity index (χ0n) is 18.1. The Hall–Kier alpha value is -3.16. The lowest BCUT2D eigenvalue weighted by molar-refractivity contribution is -0.181. The number of urea groups is 1. The van der Waals surface area contributed by atoms with Crippen molar-refractivity contribution in [3.63, 3.8) is 0 Å². The van der Waals surface area contributed by atoms with E-state index in [2.05, 4.69) is 32.6 Å². The zero-order valence-corrected chi connectivity index (χ0v) is 18.1. The van der Waals surface area contributed by atoms with Gasteiger partial charge in [0.15, 0.2) is 6.29 Å². The van der Waals surface area contributed by atoms with Crippen molar-refractivity contribution in [1.29, 1.82) is 5.26 Å². The standard InChI is InChI=1S/C24H27N5O4/c25-14-16-5-4-6-17(13-16)26-24(31)27-20-19-15-32-23(33-19)21(22(20)30)29-11-9-28(10-12-29)18-7-2-1-3-8-18/h1-8,13,19-23,30H,9-12,15H2,(H2,26,27,31)/t19-,20+,21-,22-,23+/m0/s1. The van der Waals surface area contributed by atoms with E-state index in [0.29, 0.717) is 17.9 Å². The van der Waals surface area contributed by atoms with Crippen molar-refractivity contribution < 1.29 is 19.4 Å². The molecule has 0 radical (unpaired) electrons. The number of para-hydroxylation sites is 1. The van der Waals surface area contributed by atoms with E-state index >= 15 is 0 Å². The van der Waals surface area contributed by atoms with Crippen molar-refractivity contribution in [3.05, 3.63) is 60.2 Å². The average Bonchev–Trinajstić information content (AvgIpc) is 3.28. The highest BCUT2D eigenvalue weighted by molar-refractivity contribution is 5.89. The molecule has 172 valence electrons. The van der Waals surface area contributed by atoms with Gasteiger partial charge in [0.05, 0.1) is 36.4 Å². The highest BCUT2D eigenvalue weighted by Crippen LogP contribution is 2.32. The first-order valence-corrected chi connectivity index (χ1v) is 11.2. The van der Waals surface area contributed by atoms with Crippen molar-refractivity contribution in [3.8, 4) is 6.07 Å². The number of ether oxygens (including phenoxy) is 2. The van der Waals surface area contributed by atoms with E-state index in [1.165, 1.54) is 5.69 Å². The number of nitrogens with zero attached hydrogens (tertiary/aromatic N) is 3. The summed E-state index contributed by atoms with van der Waals surface area (Å²) in [5, 5.41) is 25.9. The summed E-state index contributed by atoms with van der Waals surface area (Å²) in [6, 6.07) is 17.6. The third-order valence-corrected chi connectivity index (χ3v) is 6.54. The summed E-state index contributed by atoms with van der Waals surface area (Å²) < 4.78 is 11.9. The molecule has 3 N–H and O–H groups in total. The molecule has 3 aliphatic heterocycles. The van der Waals surface area contributed by atoms with Crippen LogP contribution in [-0.2, 0) is 9.47 Å². The summed E-state index contributed by atoms with van der Waals surface area (Å²) in [4.78, 5) is 17.2. The quantitative estimate of drug-likeness (QED) is 0.646. The smallest absolute Gasteiger partial charge is 0.319 e. The molecule has 2 bridgehead atoms. The van der Waals surface area contributed by atoms with Gasteiger partial charge in [-0.15, -0.1) is 0 Å². The molecule has 3 saturated heterocycles. The number of aliphatic hydroxyl groups excluding tert-OH is 1. The predicted octanol–water partition coefficient (Wildman–Crippen LogP) is 1.36. The number of carbonyl (C=O) groups is 1. The van der Waals surface area contributed by atoms with Crippen LogP contribution in [0.1, 0.15) is 5.56 Å². The van der Waals surface area contributed by atoms with E-state index in [1.807, 2.05) is 24.3 Å². The molecule has 5 atom stereocenters. The van der Waals surface area contributed by atoms with E-state index in [0.717, 1.165) is 26.2 Å². The van der Waals surface area contributed by atoms with E-state index in [4.69, 9.17) is 14.7 Å². The van der Waals surface area contributed by atoms with Crippen LogP contribution in [0.25, 0.3) is 0 Å². The number of hydrogen-bond acceptors (Lipinski definition) is 7. The van der Waals surface area contributed by atoms with Gasteiger partial charge in [-0.05, 0) is 30.3 Å². The van der Waals surface area contributed by atoms with Crippen molar-refractivity contribution in [2.75, 3.05) is 43.0 Å². The second kappa shape index (κ2) is 9.37. The number of fused-ring (bicyclic) bond motifs is 2. The molecule has 2 amide bonds. The Labute approximate surface area is 192 Å². The Balaban J connectivity index is 1.23. The molecule has 3 fully saturated rings. The SMILES string of the molecule is N#Cc1cccc(NC(=O)N[C@H]2[C@H](O)[C@H](N3CCN(c4ccccc4)CC3)[C@@H]3OC[C@@H]2O3)c1. The van der Waals surface area contributed by atoms with Gasteiger partial charge in [-0.2, -0.15) is 5.26 Å². The summed E-state index contributed by atoms with van der Waals surface area (Å²) in [6.07, 6.45) is -1.76. The third-order valence-electron chi connectivity index (χ3n) is 6.54. The van der Waals surface area contributed by atoms with Crippen molar-refractivity contribution in [2.45, 2.75) is 30.6 Å². The lowest BCUT2D eigenvalue weighted by atomic mass is 9.94. The van der Waals surface area contributed by atoms with Crippen LogP contribution in [0.2, 0.25) is 0 Å². The molecule has 0 aromatic heterocycles. The molecule has 9 heteroatoms. The number of nitrogens with one attached hydrogen (secondary N) is 2. The molecular weight excluding hydrogens is 422 g/mol. The lowest BCUT2D eigenvalue weighted by Crippen LogP contribution is -2.67. The highest BCUT2D eigenvalue weighted by Gasteiger charge is 2.52. The van der Waals surface area contributed by atoms with Crippen LogP contribution in [-0.4, -0.2) is 79.4 Å². The van der Waals surface area contributed by atoms with Crippen LogP contribution in [0.15, 0.2) is 54.6 Å². The fraction of sp³-hybridized carbons (Fsp3) is 0.417. The normalized spacial score (nSPS) is 29.3. The monoisotopic (exact) mass is 449 g/mol. The van der Waals surface area contributed by atoms with Crippen LogP contribution in [0.5, 0.6) is 0 Å². The van der Waals surface area contributed by atoms with Gasteiger partial charge in [-0.25, -0.2) is 4.79 Å². The maximum absolute atomic E-state index is 12.7. The fourth-order valence-electron chi connectivity index (χ4n) is 4.87. The maximum Gasteiger partial charge on any atom is 0.319 e. The third kappa shape index (κ3) is 4.51. The topological polar surface area (TPSA) is 110 Å². The number of anilines is 2. The molecule has 33 heavy (non-hydrogen) atoms. The molecule has 3 heterocycles.